The van der Waals surface area contributed by atoms with Gasteiger partial charge in [0.1, 0.15) is 6.54 Å². The van der Waals surface area contributed by atoms with Gasteiger partial charge in [-0.15, -0.1) is 5.10 Å². The Hall–Kier alpha value is -2.49. The lowest BCUT2D eigenvalue weighted by Gasteiger charge is -2.03. The molecule has 9 nitrogen and oxygen atoms in total. The van der Waals surface area contributed by atoms with E-state index in [-0.39, 0.29) is 10.8 Å². The Morgan fingerprint density at radius 3 is 2.95 bits per heavy atom. The van der Waals surface area contributed by atoms with E-state index in [0.29, 0.717) is 4.90 Å². The largest absolute Gasteiger partial charge is 0.480 e. The highest BCUT2D eigenvalue weighted by atomic mass is 32.2. The Morgan fingerprint density at radius 1 is 1.55 bits per heavy atom. The summed E-state index contributed by atoms with van der Waals surface area (Å²) < 4.78 is 1.07. The summed E-state index contributed by atoms with van der Waals surface area (Å²) in [6.07, 6.45) is 0. The van der Waals surface area contributed by atoms with Crippen LogP contribution in [0.3, 0.4) is 0 Å². The molecule has 0 saturated heterocycles. The topological polar surface area (TPSA) is 124 Å². The highest BCUT2D eigenvalue weighted by Gasteiger charge is 2.18. The SMILES string of the molecule is Cc1ccc(Sc2nnnn2CC(=O)O)c([N+](=O)[O-])c1. The maximum absolute atomic E-state index is 11.0. The zero-order valence-corrected chi connectivity index (χ0v) is 11.1. The Labute approximate surface area is 116 Å². The van der Waals surface area contributed by atoms with Crippen LogP contribution in [0.4, 0.5) is 5.69 Å². The molecular weight excluding hydrogens is 286 g/mol. The fourth-order valence-corrected chi connectivity index (χ4v) is 2.31. The lowest BCUT2D eigenvalue weighted by Crippen LogP contribution is -2.11. The third-order valence-corrected chi connectivity index (χ3v) is 3.34. The summed E-state index contributed by atoms with van der Waals surface area (Å²) in [5.41, 5.74) is 0.686. The number of tetrazole rings is 1. The number of nitrogens with zero attached hydrogens (tertiary/aromatic N) is 5. The van der Waals surface area contributed by atoms with Crippen LogP contribution in [0, 0.1) is 17.0 Å². The third kappa shape index (κ3) is 3.09. The smallest absolute Gasteiger partial charge is 0.325 e. The summed E-state index contributed by atoms with van der Waals surface area (Å²) in [4.78, 5) is 21.5. The third-order valence-electron chi connectivity index (χ3n) is 2.30. The van der Waals surface area contributed by atoms with E-state index in [1.807, 2.05) is 0 Å². The zero-order valence-electron chi connectivity index (χ0n) is 10.3. The minimum atomic E-state index is -1.10. The van der Waals surface area contributed by atoms with Crippen LogP contribution < -0.4 is 0 Å². The summed E-state index contributed by atoms with van der Waals surface area (Å²) in [6.45, 7) is 1.34. The maximum Gasteiger partial charge on any atom is 0.325 e. The number of rotatable bonds is 5. The number of carboxylic acid groups (broad SMARTS) is 1. The van der Waals surface area contributed by atoms with E-state index < -0.39 is 17.4 Å². The molecule has 0 bridgehead atoms. The van der Waals surface area contributed by atoms with E-state index in [1.165, 1.54) is 6.07 Å². The quantitative estimate of drug-likeness (QED) is 0.642. The molecule has 0 atom stereocenters. The van der Waals surface area contributed by atoms with Crippen molar-refractivity contribution in [2.45, 2.75) is 23.5 Å². The zero-order chi connectivity index (χ0) is 14.7. The monoisotopic (exact) mass is 295 g/mol. The number of aryl methyl sites for hydroxylation is 1. The number of nitro benzene ring substituents is 1. The molecule has 0 unspecified atom stereocenters. The van der Waals surface area contributed by atoms with Gasteiger partial charge in [-0.25, -0.2) is 4.68 Å². The molecule has 20 heavy (non-hydrogen) atoms. The fraction of sp³-hybridized carbons (Fsp3) is 0.200. The van der Waals surface area contributed by atoms with Gasteiger partial charge in [-0.05, 0) is 40.7 Å². The van der Waals surface area contributed by atoms with Crippen molar-refractivity contribution < 1.29 is 14.8 Å². The molecule has 0 saturated carbocycles. The van der Waals surface area contributed by atoms with Gasteiger partial charge in [0.05, 0.1) is 9.82 Å². The number of benzene rings is 1. The van der Waals surface area contributed by atoms with Gasteiger partial charge in [-0.2, -0.15) is 0 Å². The summed E-state index contributed by atoms with van der Waals surface area (Å²) in [7, 11) is 0. The van der Waals surface area contributed by atoms with Gasteiger partial charge in [0.2, 0.25) is 5.16 Å². The fourth-order valence-electron chi connectivity index (χ4n) is 1.45. The molecular formula is C10H9N5O4S. The lowest BCUT2D eigenvalue weighted by atomic mass is 10.2. The highest BCUT2D eigenvalue weighted by molar-refractivity contribution is 7.99. The van der Waals surface area contributed by atoms with Gasteiger partial charge in [0.15, 0.2) is 0 Å². The molecule has 0 aliphatic carbocycles. The molecule has 1 aromatic carbocycles. The number of aromatic nitrogens is 4. The average molecular weight is 295 g/mol. The Kier molecular flexibility index (Phi) is 3.94. The van der Waals surface area contributed by atoms with Crippen molar-refractivity contribution in [3.05, 3.63) is 33.9 Å². The van der Waals surface area contributed by atoms with E-state index in [9.17, 15) is 14.9 Å². The minimum absolute atomic E-state index is 0.0696. The number of nitro groups is 1. The van der Waals surface area contributed by atoms with Gasteiger partial charge >= 0.3 is 5.97 Å². The van der Waals surface area contributed by atoms with Gasteiger partial charge < -0.3 is 5.11 Å². The molecule has 0 spiro atoms. The van der Waals surface area contributed by atoms with Crippen LogP contribution in [0.2, 0.25) is 0 Å². The molecule has 2 aromatic rings. The van der Waals surface area contributed by atoms with Gasteiger partial charge in [-0.1, -0.05) is 6.07 Å². The first kappa shape index (κ1) is 13.9. The molecule has 0 fully saturated rings. The summed E-state index contributed by atoms with van der Waals surface area (Å²) in [5, 5.41) is 30.5. The van der Waals surface area contributed by atoms with Crippen molar-refractivity contribution in [3.8, 4) is 0 Å². The van der Waals surface area contributed by atoms with Crippen molar-refractivity contribution in [2.75, 3.05) is 0 Å². The van der Waals surface area contributed by atoms with Crippen molar-refractivity contribution in [1.82, 2.24) is 20.2 Å². The molecule has 0 radical (unpaired) electrons. The second kappa shape index (κ2) is 5.65. The van der Waals surface area contributed by atoms with E-state index in [2.05, 4.69) is 15.5 Å². The molecule has 2 rings (SSSR count). The standard InChI is InChI=1S/C10H9N5O4S/c1-6-2-3-8(7(4-6)15(18)19)20-10-11-12-13-14(10)5-9(16)17/h2-4H,5H2,1H3,(H,16,17). The summed E-state index contributed by atoms with van der Waals surface area (Å²) >= 11 is 0.948. The number of aliphatic carboxylic acids is 1. The first-order chi connectivity index (χ1) is 9.47. The normalized spacial score (nSPS) is 10.4. The summed E-state index contributed by atoms with van der Waals surface area (Å²) in [5.74, 6) is -1.10. The maximum atomic E-state index is 11.0. The molecule has 0 amide bonds. The van der Waals surface area contributed by atoms with Crippen molar-refractivity contribution >= 4 is 23.4 Å². The summed E-state index contributed by atoms with van der Waals surface area (Å²) in [6, 6.07) is 4.74. The Balaban J connectivity index is 2.33. The van der Waals surface area contributed by atoms with E-state index in [0.717, 1.165) is 22.0 Å². The number of hydrogen-bond donors (Lipinski definition) is 1. The molecule has 1 aromatic heterocycles. The average Bonchev–Trinajstić information content (AvgIpc) is 2.78. The molecule has 0 aliphatic rings. The first-order valence-electron chi connectivity index (χ1n) is 5.38. The lowest BCUT2D eigenvalue weighted by molar-refractivity contribution is -0.387. The Morgan fingerprint density at radius 2 is 2.30 bits per heavy atom. The highest BCUT2D eigenvalue weighted by Crippen LogP contribution is 2.33. The van der Waals surface area contributed by atoms with Crippen LogP contribution in [0.1, 0.15) is 5.56 Å². The van der Waals surface area contributed by atoms with Crippen molar-refractivity contribution in [3.63, 3.8) is 0 Å². The Bertz CT molecular complexity index is 671. The number of carbonyl (C=O) groups is 1. The first-order valence-corrected chi connectivity index (χ1v) is 6.20. The van der Waals surface area contributed by atoms with Crippen LogP contribution in [-0.2, 0) is 11.3 Å². The van der Waals surface area contributed by atoms with Gasteiger partial charge in [0.25, 0.3) is 5.69 Å². The van der Waals surface area contributed by atoms with Crippen LogP contribution in [0.5, 0.6) is 0 Å². The number of carboxylic acids is 1. The van der Waals surface area contributed by atoms with Crippen LogP contribution in [-0.4, -0.2) is 36.2 Å². The predicted octanol–water partition coefficient (Wildman–Crippen LogP) is 1.13. The van der Waals surface area contributed by atoms with Gasteiger partial charge in [0, 0.05) is 6.07 Å². The molecule has 0 aliphatic heterocycles. The number of hydrogen-bond acceptors (Lipinski definition) is 7. The predicted molar refractivity (Wildman–Crippen MR) is 67.4 cm³/mol. The van der Waals surface area contributed by atoms with Crippen molar-refractivity contribution in [1.29, 1.82) is 0 Å². The minimum Gasteiger partial charge on any atom is -0.480 e. The van der Waals surface area contributed by atoms with Crippen LogP contribution in [0.15, 0.2) is 28.3 Å². The van der Waals surface area contributed by atoms with Crippen molar-refractivity contribution in [2.24, 2.45) is 0 Å². The van der Waals surface area contributed by atoms with Crippen LogP contribution >= 0.6 is 11.8 Å². The molecule has 1 N–H and O–H groups in total. The van der Waals surface area contributed by atoms with E-state index in [1.54, 1.807) is 19.1 Å². The second-order valence-corrected chi connectivity index (χ2v) is 4.85. The molecule has 104 valence electrons. The van der Waals surface area contributed by atoms with Crippen LogP contribution in [0.25, 0.3) is 0 Å². The van der Waals surface area contributed by atoms with E-state index >= 15 is 0 Å². The molecule has 10 heteroatoms. The van der Waals surface area contributed by atoms with Gasteiger partial charge in [-0.3, -0.25) is 14.9 Å². The molecule has 1 heterocycles. The second-order valence-electron chi connectivity index (χ2n) is 3.84. The van der Waals surface area contributed by atoms with E-state index in [4.69, 9.17) is 5.11 Å².